The Morgan fingerprint density at radius 1 is 1.35 bits per heavy atom. The number of nitro groups is 1. The lowest BCUT2D eigenvalue weighted by molar-refractivity contribution is -0.384. The lowest BCUT2D eigenvalue weighted by Gasteiger charge is -2.20. The Morgan fingerprint density at radius 2 is 2.03 bits per heavy atom. The number of aldehydes is 1. The fourth-order valence-electron chi connectivity index (χ4n) is 1.97. The first-order chi connectivity index (χ1) is 14.7. The van der Waals surface area contributed by atoms with E-state index in [1.807, 2.05) is 0 Å². The third-order valence-corrected chi connectivity index (χ3v) is 4.63. The second kappa shape index (κ2) is 10.6. The molecule has 2 rings (SSSR count). The third-order valence-electron chi connectivity index (χ3n) is 3.63. The van der Waals surface area contributed by atoms with Crippen molar-refractivity contribution in [1.29, 1.82) is 0 Å². The quantitative estimate of drug-likeness (QED) is 0.139. The molecule has 13 heteroatoms. The summed E-state index contributed by atoms with van der Waals surface area (Å²) in [5, 5.41) is 18.5. The van der Waals surface area contributed by atoms with E-state index in [1.165, 1.54) is 43.5 Å². The predicted molar refractivity (Wildman–Crippen MR) is 112 cm³/mol. The van der Waals surface area contributed by atoms with E-state index in [0.29, 0.717) is 11.8 Å². The smallest absolute Gasteiger partial charge is 0.353 e. The van der Waals surface area contributed by atoms with Crippen LogP contribution in [-0.4, -0.2) is 45.3 Å². The average Bonchev–Trinajstić information content (AvgIpc) is 3.20. The van der Waals surface area contributed by atoms with Gasteiger partial charge in [0.2, 0.25) is 11.5 Å². The van der Waals surface area contributed by atoms with Crippen molar-refractivity contribution in [3.05, 3.63) is 51.0 Å². The van der Waals surface area contributed by atoms with Crippen LogP contribution >= 0.6 is 22.9 Å². The number of nitro benzene ring substituents is 1. The molecule has 0 atom stereocenters. The molecule has 0 saturated carbocycles. The Bertz CT molecular complexity index is 1000. The Balaban J connectivity index is 1.99. The van der Waals surface area contributed by atoms with Gasteiger partial charge in [-0.15, -0.1) is 22.9 Å². The van der Waals surface area contributed by atoms with Crippen LogP contribution in [0.25, 0.3) is 0 Å². The largest absolute Gasteiger partial charge is 0.458 e. The van der Waals surface area contributed by atoms with Gasteiger partial charge in [0.1, 0.15) is 18.2 Å². The van der Waals surface area contributed by atoms with Crippen molar-refractivity contribution in [2.24, 2.45) is 5.16 Å². The average molecular weight is 469 g/mol. The maximum atomic E-state index is 12.3. The molecular formula is C18H17ClN4O7S. The number of anilines is 1. The highest BCUT2D eigenvalue weighted by Gasteiger charge is 2.33. The van der Waals surface area contributed by atoms with Gasteiger partial charge in [-0.2, -0.15) is 0 Å². The minimum absolute atomic E-state index is 0.0816. The summed E-state index contributed by atoms with van der Waals surface area (Å²) >= 11 is 6.46. The molecule has 0 aliphatic carbocycles. The van der Waals surface area contributed by atoms with E-state index in [-0.39, 0.29) is 34.7 Å². The van der Waals surface area contributed by atoms with Gasteiger partial charge in [0.15, 0.2) is 17.1 Å². The molecular weight excluding hydrogens is 452 g/mol. The maximum absolute atomic E-state index is 12.3. The monoisotopic (exact) mass is 468 g/mol. The number of alkyl halides is 1. The van der Waals surface area contributed by atoms with Crippen LogP contribution in [0.1, 0.15) is 25.1 Å². The van der Waals surface area contributed by atoms with E-state index < -0.39 is 22.4 Å². The van der Waals surface area contributed by atoms with E-state index in [9.17, 15) is 24.5 Å². The number of nitrogens with one attached hydrogen (secondary N) is 1. The highest BCUT2D eigenvalue weighted by molar-refractivity contribution is 7.14. The molecule has 11 nitrogen and oxygen atoms in total. The molecule has 1 amide bonds. The van der Waals surface area contributed by atoms with Gasteiger partial charge < -0.3 is 14.9 Å². The molecule has 1 heterocycles. The third kappa shape index (κ3) is 6.83. The molecule has 31 heavy (non-hydrogen) atoms. The standard InChI is InChI=1S/C18H17ClN4O7S/c1-18(2,16(26)29-9-11-3-5-12(6-4-11)23(27)28)30-22-13(8-24)14-10-31-17(20-14)21-15(25)7-19/h3-6,8,10H,7,9H2,1-2H3,(H,20,21,25)/b22-13+. The Labute approximate surface area is 185 Å². The van der Waals surface area contributed by atoms with Crippen LogP contribution in [0.3, 0.4) is 0 Å². The van der Waals surface area contributed by atoms with Crippen molar-refractivity contribution < 1.29 is 28.9 Å². The number of amides is 1. The molecule has 1 aromatic carbocycles. The van der Waals surface area contributed by atoms with E-state index >= 15 is 0 Å². The molecule has 0 aliphatic rings. The second-order valence-corrected chi connectivity index (χ2v) is 7.54. The lowest BCUT2D eigenvalue weighted by Crippen LogP contribution is -2.35. The lowest BCUT2D eigenvalue weighted by atomic mass is 10.1. The summed E-state index contributed by atoms with van der Waals surface area (Å²) in [6, 6.07) is 5.52. The van der Waals surface area contributed by atoms with Crippen LogP contribution < -0.4 is 5.32 Å². The number of oxime groups is 1. The van der Waals surface area contributed by atoms with E-state index in [1.54, 1.807) is 0 Å². The van der Waals surface area contributed by atoms with Crippen LogP contribution in [0.5, 0.6) is 0 Å². The maximum Gasteiger partial charge on any atom is 0.353 e. The highest BCUT2D eigenvalue weighted by atomic mass is 35.5. The summed E-state index contributed by atoms with van der Waals surface area (Å²) in [7, 11) is 0. The minimum atomic E-state index is -1.54. The molecule has 0 saturated heterocycles. The number of ether oxygens (including phenoxy) is 1. The fraction of sp³-hybridized carbons (Fsp3) is 0.278. The van der Waals surface area contributed by atoms with Gasteiger partial charge in [-0.25, -0.2) is 9.78 Å². The van der Waals surface area contributed by atoms with Crippen molar-refractivity contribution in [3.63, 3.8) is 0 Å². The zero-order chi connectivity index (χ0) is 23.0. The first kappa shape index (κ1) is 23.9. The summed E-state index contributed by atoms with van der Waals surface area (Å²) in [6.07, 6.45) is 0.389. The molecule has 2 aromatic rings. The molecule has 0 radical (unpaired) electrons. The highest BCUT2D eigenvalue weighted by Crippen LogP contribution is 2.19. The number of esters is 1. The minimum Gasteiger partial charge on any atom is -0.458 e. The molecule has 0 unspecified atom stereocenters. The molecule has 0 bridgehead atoms. The van der Waals surface area contributed by atoms with Crippen molar-refractivity contribution in [2.45, 2.75) is 26.1 Å². The predicted octanol–water partition coefficient (Wildman–Crippen LogP) is 2.67. The molecule has 0 fully saturated rings. The number of nitrogens with zero attached hydrogens (tertiary/aromatic N) is 3. The van der Waals surface area contributed by atoms with Crippen molar-refractivity contribution >= 4 is 57.6 Å². The van der Waals surface area contributed by atoms with Crippen molar-refractivity contribution in [3.8, 4) is 0 Å². The fourth-order valence-corrected chi connectivity index (χ4v) is 2.75. The Kier molecular flexibility index (Phi) is 8.16. The van der Waals surface area contributed by atoms with Gasteiger partial charge in [0, 0.05) is 17.5 Å². The topological polar surface area (TPSA) is 150 Å². The number of hydrogen-bond acceptors (Lipinski definition) is 10. The van der Waals surface area contributed by atoms with Crippen LogP contribution in [0.15, 0.2) is 34.8 Å². The number of thiazole rings is 1. The second-order valence-electron chi connectivity index (χ2n) is 6.42. The Morgan fingerprint density at radius 3 is 2.61 bits per heavy atom. The molecule has 1 N–H and O–H groups in total. The molecule has 1 aromatic heterocycles. The van der Waals surface area contributed by atoms with Gasteiger partial charge in [-0.1, -0.05) is 5.16 Å². The summed E-state index contributed by atoms with van der Waals surface area (Å²) in [6.45, 7) is 2.65. The van der Waals surface area contributed by atoms with E-state index in [4.69, 9.17) is 21.2 Å². The summed E-state index contributed by atoms with van der Waals surface area (Å²) in [4.78, 5) is 54.3. The van der Waals surface area contributed by atoms with Gasteiger partial charge >= 0.3 is 5.97 Å². The number of halogens is 1. The number of aromatic nitrogens is 1. The van der Waals surface area contributed by atoms with Crippen LogP contribution in [0.4, 0.5) is 10.8 Å². The van der Waals surface area contributed by atoms with Crippen molar-refractivity contribution in [1.82, 2.24) is 4.98 Å². The SMILES string of the molecule is CC(C)(O/N=C(\C=O)c1csc(NC(=O)CCl)n1)C(=O)OCc1ccc([N+](=O)[O-])cc1. The number of rotatable bonds is 10. The zero-order valence-corrected chi connectivity index (χ0v) is 17.9. The summed E-state index contributed by atoms with van der Waals surface area (Å²) in [5.74, 6) is -1.48. The number of carbonyl (C=O) groups is 3. The summed E-state index contributed by atoms with van der Waals surface area (Å²) in [5.41, 5.74) is -1.14. The van der Waals surface area contributed by atoms with Crippen molar-refractivity contribution in [2.75, 3.05) is 11.2 Å². The van der Waals surface area contributed by atoms with E-state index in [2.05, 4.69) is 15.5 Å². The van der Waals surface area contributed by atoms with Crippen LogP contribution in [-0.2, 0) is 30.6 Å². The number of benzene rings is 1. The Hall–Kier alpha value is -3.38. The molecule has 0 aliphatic heterocycles. The molecule has 0 spiro atoms. The number of non-ortho nitro benzene ring substituents is 1. The normalized spacial score (nSPS) is 11.5. The number of hydrogen-bond donors (Lipinski definition) is 1. The number of carbonyl (C=O) groups excluding carboxylic acids is 3. The first-order valence-electron chi connectivity index (χ1n) is 8.60. The van der Waals surface area contributed by atoms with Gasteiger partial charge in [-0.05, 0) is 31.5 Å². The van der Waals surface area contributed by atoms with Gasteiger partial charge in [0.25, 0.3) is 5.69 Å². The van der Waals surface area contributed by atoms with E-state index in [0.717, 1.165) is 11.3 Å². The van der Waals surface area contributed by atoms with Gasteiger partial charge in [-0.3, -0.25) is 19.7 Å². The summed E-state index contributed by atoms with van der Waals surface area (Å²) < 4.78 is 5.16. The first-order valence-corrected chi connectivity index (χ1v) is 10.0. The van der Waals surface area contributed by atoms with Crippen LogP contribution in [0.2, 0.25) is 0 Å². The molecule has 164 valence electrons. The van der Waals surface area contributed by atoms with Gasteiger partial charge in [0.05, 0.1) is 4.92 Å². The zero-order valence-electron chi connectivity index (χ0n) is 16.4. The van der Waals surface area contributed by atoms with Crippen LogP contribution in [0, 0.1) is 10.1 Å².